The van der Waals surface area contributed by atoms with Crippen LogP contribution in [0, 0.1) is 5.92 Å². The fourth-order valence-electron chi connectivity index (χ4n) is 3.75. The van der Waals surface area contributed by atoms with Gasteiger partial charge in [-0.2, -0.15) is 0 Å². The number of hydrogen-bond acceptors (Lipinski definition) is 8. The molecule has 42 heavy (non-hydrogen) atoms. The first kappa shape index (κ1) is 33.8. The zero-order valence-corrected chi connectivity index (χ0v) is 25.0. The van der Waals surface area contributed by atoms with Crippen LogP contribution in [0.15, 0.2) is 60.7 Å². The van der Waals surface area contributed by atoms with Gasteiger partial charge in [0.25, 0.3) is 0 Å². The van der Waals surface area contributed by atoms with Gasteiger partial charge < -0.3 is 30.6 Å². The first-order chi connectivity index (χ1) is 19.5. The Balaban J connectivity index is 2.34. The molecule has 2 rings (SSSR count). The molecule has 2 aromatic carbocycles. The molecule has 3 amide bonds. The summed E-state index contributed by atoms with van der Waals surface area (Å²) >= 11 is 0. The Morgan fingerprint density at radius 3 is 1.64 bits per heavy atom. The Labute approximate surface area is 246 Å². The van der Waals surface area contributed by atoms with Gasteiger partial charge in [-0.3, -0.25) is 19.2 Å². The van der Waals surface area contributed by atoms with Crippen molar-refractivity contribution in [1.82, 2.24) is 10.6 Å². The number of benzene rings is 2. The molecule has 0 saturated heterocycles. The summed E-state index contributed by atoms with van der Waals surface area (Å²) in [5.41, 5.74) is 5.09. The van der Waals surface area contributed by atoms with Gasteiger partial charge in [-0.1, -0.05) is 60.7 Å². The van der Waals surface area contributed by atoms with Crippen LogP contribution in [0.1, 0.15) is 59.1 Å². The van der Waals surface area contributed by atoms with Crippen LogP contribution >= 0.6 is 0 Å². The van der Waals surface area contributed by atoms with Crippen LogP contribution in [0.2, 0.25) is 0 Å². The first-order valence-corrected chi connectivity index (χ1v) is 13.6. The van der Waals surface area contributed by atoms with Gasteiger partial charge in [0.15, 0.2) is 5.92 Å². The van der Waals surface area contributed by atoms with Crippen LogP contribution < -0.4 is 16.4 Å². The largest absolute Gasteiger partial charge is 0.459 e. The number of ether oxygens (including phenoxy) is 3. The molecule has 0 bridgehead atoms. The summed E-state index contributed by atoms with van der Waals surface area (Å²) in [7, 11) is 0. The number of nitrogens with two attached hydrogens (primary N) is 1. The third kappa shape index (κ3) is 12.4. The van der Waals surface area contributed by atoms with Gasteiger partial charge in [0, 0.05) is 12.8 Å². The molecule has 0 fully saturated rings. The van der Waals surface area contributed by atoms with E-state index in [1.807, 2.05) is 6.07 Å². The lowest BCUT2D eigenvalue weighted by Crippen LogP contribution is -2.55. The normalized spacial score (nSPS) is 12.9. The number of esters is 2. The lowest BCUT2D eigenvalue weighted by molar-refractivity contribution is -0.175. The molecular formula is C31H41N3O8. The molecule has 0 aliphatic carbocycles. The van der Waals surface area contributed by atoms with E-state index >= 15 is 0 Å². The Hall–Kier alpha value is -4.41. The van der Waals surface area contributed by atoms with E-state index < -0.39 is 65.5 Å². The fraction of sp³-hybridized carbons (Fsp3) is 0.452. The predicted octanol–water partition coefficient (Wildman–Crippen LogP) is 3.18. The average Bonchev–Trinajstić information content (AvgIpc) is 2.88. The highest BCUT2D eigenvalue weighted by atomic mass is 16.6. The Morgan fingerprint density at radius 2 is 1.19 bits per heavy atom. The lowest BCUT2D eigenvalue weighted by Gasteiger charge is -2.28. The van der Waals surface area contributed by atoms with Crippen LogP contribution in [0.3, 0.4) is 0 Å². The third-order valence-electron chi connectivity index (χ3n) is 5.62. The molecule has 11 nitrogen and oxygen atoms in total. The number of amides is 3. The second-order valence-corrected chi connectivity index (χ2v) is 11.8. The van der Waals surface area contributed by atoms with Gasteiger partial charge in [-0.15, -0.1) is 0 Å². The predicted molar refractivity (Wildman–Crippen MR) is 155 cm³/mol. The van der Waals surface area contributed by atoms with Gasteiger partial charge in [0.1, 0.15) is 29.9 Å². The molecule has 228 valence electrons. The SMILES string of the molecule is CC(C)(C)OC(=O)C(C[C@H](NC(=O)OCc1ccccc1)C(=O)N[C@@H](Cc1ccccc1)C(N)=O)C(=O)OC(C)(C)C. The van der Waals surface area contributed by atoms with E-state index in [2.05, 4.69) is 10.6 Å². The Bertz CT molecular complexity index is 1190. The van der Waals surface area contributed by atoms with Gasteiger partial charge in [-0.25, -0.2) is 4.79 Å². The minimum Gasteiger partial charge on any atom is -0.459 e. The topological polar surface area (TPSA) is 163 Å². The lowest BCUT2D eigenvalue weighted by atomic mass is 9.97. The summed E-state index contributed by atoms with van der Waals surface area (Å²) in [5, 5.41) is 4.96. The maximum atomic E-state index is 13.5. The summed E-state index contributed by atoms with van der Waals surface area (Å²) in [4.78, 5) is 64.8. The Kier molecular flexibility index (Phi) is 12.1. The minimum atomic E-state index is -1.59. The summed E-state index contributed by atoms with van der Waals surface area (Å²) in [5.74, 6) is -5.14. The number of hydrogen-bond donors (Lipinski definition) is 3. The zero-order chi connectivity index (χ0) is 31.5. The summed E-state index contributed by atoms with van der Waals surface area (Å²) in [6.45, 7) is 9.66. The van der Waals surface area contributed by atoms with Crippen molar-refractivity contribution in [1.29, 1.82) is 0 Å². The maximum absolute atomic E-state index is 13.5. The number of carbonyl (C=O) groups is 5. The molecule has 2 atom stereocenters. The van der Waals surface area contributed by atoms with E-state index in [0.29, 0.717) is 5.56 Å². The molecular weight excluding hydrogens is 542 g/mol. The summed E-state index contributed by atoms with van der Waals surface area (Å²) in [6.07, 6.45) is -1.44. The molecule has 0 unspecified atom stereocenters. The second-order valence-electron chi connectivity index (χ2n) is 11.8. The first-order valence-electron chi connectivity index (χ1n) is 13.6. The summed E-state index contributed by atoms with van der Waals surface area (Å²) in [6, 6.07) is 15.1. The average molecular weight is 584 g/mol. The Morgan fingerprint density at radius 1 is 0.714 bits per heavy atom. The van der Waals surface area contributed by atoms with Crippen molar-refractivity contribution in [2.45, 2.75) is 84.3 Å². The van der Waals surface area contributed by atoms with Gasteiger partial charge in [0.2, 0.25) is 11.8 Å². The van der Waals surface area contributed by atoms with Crippen molar-refractivity contribution in [3.05, 3.63) is 71.8 Å². The molecule has 0 radical (unpaired) electrons. The van der Waals surface area contributed by atoms with Crippen molar-refractivity contribution in [3.63, 3.8) is 0 Å². The molecule has 11 heteroatoms. The number of primary amides is 1. The smallest absolute Gasteiger partial charge is 0.408 e. The van der Waals surface area contributed by atoms with Crippen LogP contribution in [0.25, 0.3) is 0 Å². The molecule has 0 spiro atoms. The highest BCUT2D eigenvalue weighted by Gasteiger charge is 2.39. The van der Waals surface area contributed by atoms with E-state index in [4.69, 9.17) is 19.9 Å². The number of nitrogens with one attached hydrogen (secondary N) is 2. The van der Waals surface area contributed by atoms with E-state index in [1.54, 1.807) is 96.1 Å². The van der Waals surface area contributed by atoms with Gasteiger partial charge in [-0.05, 0) is 52.7 Å². The third-order valence-corrected chi connectivity index (χ3v) is 5.62. The number of carbonyl (C=O) groups excluding carboxylic acids is 5. The van der Waals surface area contributed by atoms with Crippen LogP contribution in [0.4, 0.5) is 4.79 Å². The molecule has 4 N–H and O–H groups in total. The minimum absolute atomic E-state index is 0.0780. The van der Waals surface area contributed by atoms with Crippen LogP contribution in [-0.4, -0.2) is 53.1 Å². The summed E-state index contributed by atoms with van der Waals surface area (Å²) < 4.78 is 16.1. The van der Waals surface area contributed by atoms with E-state index in [1.165, 1.54) is 0 Å². The van der Waals surface area contributed by atoms with Crippen molar-refractivity contribution in [3.8, 4) is 0 Å². The van der Waals surface area contributed by atoms with Crippen molar-refractivity contribution < 1.29 is 38.2 Å². The van der Waals surface area contributed by atoms with E-state index in [9.17, 15) is 24.0 Å². The number of rotatable bonds is 12. The van der Waals surface area contributed by atoms with E-state index in [0.717, 1.165) is 5.56 Å². The zero-order valence-electron chi connectivity index (χ0n) is 25.0. The number of alkyl carbamates (subject to hydrolysis) is 1. The van der Waals surface area contributed by atoms with Crippen molar-refractivity contribution in [2.24, 2.45) is 11.7 Å². The quantitative estimate of drug-likeness (QED) is 0.195. The van der Waals surface area contributed by atoms with Crippen LogP contribution in [-0.2, 0) is 46.4 Å². The fourth-order valence-corrected chi connectivity index (χ4v) is 3.75. The molecule has 2 aromatic rings. The highest BCUT2D eigenvalue weighted by Crippen LogP contribution is 2.21. The van der Waals surface area contributed by atoms with Gasteiger partial charge in [0.05, 0.1) is 0 Å². The van der Waals surface area contributed by atoms with Crippen LogP contribution in [0.5, 0.6) is 0 Å². The van der Waals surface area contributed by atoms with Gasteiger partial charge >= 0.3 is 18.0 Å². The molecule has 0 saturated carbocycles. The molecule has 0 heterocycles. The maximum Gasteiger partial charge on any atom is 0.408 e. The van der Waals surface area contributed by atoms with Crippen molar-refractivity contribution >= 4 is 29.8 Å². The highest BCUT2D eigenvalue weighted by molar-refractivity contribution is 5.97. The molecule has 0 aromatic heterocycles. The van der Waals surface area contributed by atoms with E-state index in [-0.39, 0.29) is 13.0 Å². The monoisotopic (exact) mass is 583 g/mol. The molecule has 0 aliphatic rings. The standard InChI is InChI=1S/C31H41N3O8/c1-30(2,3)41-27(37)22(28(38)42-31(4,5)6)18-24(34-29(39)40-19-21-15-11-8-12-16-21)26(36)33-23(25(32)35)17-20-13-9-7-10-14-20/h7-16,22-24H,17-19H2,1-6H3,(H2,32,35)(H,33,36)(H,34,39)/t23-,24-/m0/s1. The molecule has 0 aliphatic heterocycles. The second kappa shape index (κ2) is 15.0. The van der Waals surface area contributed by atoms with Crippen molar-refractivity contribution in [2.75, 3.05) is 0 Å².